The maximum Gasteiger partial charge on any atom is 0.416 e. The molecule has 3 aromatic rings. The lowest BCUT2D eigenvalue weighted by molar-refractivity contribution is -0.155. The van der Waals surface area contributed by atoms with Gasteiger partial charge in [0.05, 0.1) is 24.4 Å². The molecule has 1 fully saturated rings. The maximum absolute atomic E-state index is 13.1. The summed E-state index contributed by atoms with van der Waals surface area (Å²) in [7, 11) is 0. The van der Waals surface area contributed by atoms with E-state index in [0.29, 0.717) is 18.2 Å². The molecule has 1 N–H and O–H groups in total. The Morgan fingerprint density at radius 2 is 1.77 bits per heavy atom. The standard InChI is InChI=1S/C38H53N5O5/c1-26-20-32(25-44)40-43(26)33-12-8-10-29(21-33)30(22-34(45)47-37(2,3)4)24-41-19-17-27(23-41)13-15-31-16-14-28-11-9-18-42(35(28)39-31)36(46)48-38(5,6)7/h8,10,12,14,16,20-21,27,30,44H,9,11,13,15,17-19,22-25H2,1-7H3/t27-,30-/m1/s1. The number of likely N-dealkylation sites (tertiary alicyclic amines) is 1. The van der Waals surface area contributed by atoms with Crippen LogP contribution in [-0.4, -0.2) is 74.2 Å². The Labute approximate surface area is 285 Å². The van der Waals surface area contributed by atoms with Crippen molar-refractivity contribution in [1.82, 2.24) is 19.7 Å². The molecule has 0 unspecified atom stereocenters. The fourth-order valence-corrected chi connectivity index (χ4v) is 6.75. The van der Waals surface area contributed by atoms with Crippen LogP contribution in [-0.2, 0) is 33.7 Å². The molecule has 2 atom stereocenters. The Morgan fingerprint density at radius 1 is 1.00 bits per heavy atom. The summed E-state index contributed by atoms with van der Waals surface area (Å²) in [6, 6.07) is 14.3. The second-order valence-electron chi connectivity index (χ2n) is 15.4. The number of aromatic nitrogens is 3. The average molecular weight is 660 g/mol. The smallest absolute Gasteiger partial charge is 0.416 e. The molecule has 10 nitrogen and oxygen atoms in total. The van der Waals surface area contributed by atoms with E-state index in [9.17, 15) is 14.7 Å². The predicted molar refractivity (Wildman–Crippen MR) is 186 cm³/mol. The topological polar surface area (TPSA) is 110 Å². The van der Waals surface area contributed by atoms with Crippen LogP contribution in [0.25, 0.3) is 5.69 Å². The number of amides is 1. The molecule has 0 radical (unpaired) electrons. The lowest BCUT2D eigenvalue weighted by Gasteiger charge is -2.31. The van der Waals surface area contributed by atoms with Crippen LogP contribution in [0, 0.1) is 12.8 Å². The monoisotopic (exact) mass is 659 g/mol. The van der Waals surface area contributed by atoms with Gasteiger partial charge in [-0.15, -0.1) is 0 Å². The van der Waals surface area contributed by atoms with Crippen LogP contribution >= 0.6 is 0 Å². The van der Waals surface area contributed by atoms with Crippen molar-refractivity contribution in [3.8, 4) is 5.69 Å². The number of benzene rings is 1. The largest absolute Gasteiger partial charge is 0.460 e. The van der Waals surface area contributed by atoms with Crippen molar-refractivity contribution in [2.45, 2.75) is 111 Å². The van der Waals surface area contributed by atoms with Crippen LogP contribution < -0.4 is 4.90 Å². The number of aliphatic hydroxyl groups is 1. The summed E-state index contributed by atoms with van der Waals surface area (Å²) in [5, 5.41) is 14.1. The van der Waals surface area contributed by atoms with E-state index in [1.807, 2.05) is 71.3 Å². The Kier molecular flexibility index (Phi) is 10.9. The molecule has 1 amide bonds. The molecule has 5 rings (SSSR count). The van der Waals surface area contributed by atoms with E-state index < -0.39 is 11.2 Å². The molecule has 2 aromatic heterocycles. The lowest BCUT2D eigenvalue weighted by atomic mass is 9.94. The highest BCUT2D eigenvalue weighted by molar-refractivity contribution is 5.88. The summed E-state index contributed by atoms with van der Waals surface area (Å²) in [5.41, 5.74) is 4.52. The molecular formula is C38H53N5O5. The van der Waals surface area contributed by atoms with Gasteiger partial charge in [0.25, 0.3) is 0 Å². The number of hydrogen-bond acceptors (Lipinski definition) is 8. The Hall–Kier alpha value is -3.76. The number of aliphatic hydroxyl groups excluding tert-OH is 1. The zero-order valence-electron chi connectivity index (χ0n) is 29.8. The minimum Gasteiger partial charge on any atom is -0.460 e. The number of carbonyl (C=O) groups excluding carboxylic acids is 2. The van der Waals surface area contributed by atoms with E-state index >= 15 is 0 Å². The maximum atomic E-state index is 13.1. The summed E-state index contributed by atoms with van der Waals surface area (Å²) >= 11 is 0. The summed E-state index contributed by atoms with van der Waals surface area (Å²) in [5.74, 6) is 1.01. The van der Waals surface area contributed by atoms with Gasteiger partial charge in [-0.05, 0) is 128 Å². The third-order valence-corrected chi connectivity index (χ3v) is 8.89. The second-order valence-corrected chi connectivity index (χ2v) is 15.4. The highest BCUT2D eigenvalue weighted by atomic mass is 16.6. The second kappa shape index (κ2) is 14.8. The highest BCUT2D eigenvalue weighted by Gasteiger charge is 2.30. The first-order chi connectivity index (χ1) is 22.7. The number of fused-ring (bicyclic) bond motifs is 1. The summed E-state index contributed by atoms with van der Waals surface area (Å²) in [4.78, 5) is 35.2. The highest BCUT2D eigenvalue weighted by Crippen LogP contribution is 2.31. The SMILES string of the molecule is Cc1cc(CO)nn1-c1cccc([C@H](CC(=O)OC(C)(C)C)CN2CC[C@@H](CCc3ccc4c(n3)N(C(=O)OC(C)(C)C)CCC4)C2)c1. The molecule has 1 saturated heterocycles. The number of ether oxygens (including phenoxy) is 2. The Balaban J connectivity index is 1.25. The average Bonchev–Trinajstić information content (AvgIpc) is 3.63. The van der Waals surface area contributed by atoms with E-state index in [0.717, 1.165) is 85.8 Å². The van der Waals surface area contributed by atoms with E-state index in [1.54, 1.807) is 4.90 Å². The van der Waals surface area contributed by atoms with Crippen LogP contribution in [0.5, 0.6) is 0 Å². The quantitative estimate of drug-likeness (QED) is 0.245. The Bertz CT molecular complexity index is 1590. The van der Waals surface area contributed by atoms with Crippen molar-refractivity contribution in [2.24, 2.45) is 5.92 Å². The molecule has 0 bridgehead atoms. The first-order valence-electron chi connectivity index (χ1n) is 17.4. The van der Waals surface area contributed by atoms with Gasteiger partial charge in [0, 0.05) is 36.9 Å². The molecule has 2 aliphatic heterocycles. The van der Waals surface area contributed by atoms with Gasteiger partial charge in [0.2, 0.25) is 0 Å². The van der Waals surface area contributed by atoms with Crippen LogP contribution in [0.2, 0.25) is 0 Å². The van der Waals surface area contributed by atoms with E-state index in [2.05, 4.69) is 34.3 Å². The van der Waals surface area contributed by atoms with E-state index in [-0.39, 0.29) is 31.0 Å². The van der Waals surface area contributed by atoms with Crippen molar-refractivity contribution in [3.05, 3.63) is 70.7 Å². The van der Waals surface area contributed by atoms with Crippen molar-refractivity contribution < 1.29 is 24.2 Å². The molecule has 48 heavy (non-hydrogen) atoms. The lowest BCUT2D eigenvalue weighted by Crippen LogP contribution is -2.40. The summed E-state index contributed by atoms with van der Waals surface area (Å²) in [6.45, 7) is 16.5. The van der Waals surface area contributed by atoms with Crippen LogP contribution in [0.15, 0.2) is 42.5 Å². The van der Waals surface area contributed by atoms with Gasteiger partial charge < -0.3 is 19.5 Å². The van der Waals surface area contributed by atoms with Crippen molar-refractivity contribution >= 4 is 17.9 Å². The van der Waals surface area contributed by atoms with Crippen LogP contribution in [0.4, 0.5) is 10.6 Å². The van der Waals surface area contributed by atoms with Crippen molar-refractivity contribution in [1.29, 1.82) is 0 Å². The minimum atomic E-state index is -0.557. The summed E-state index contributed by atoms with van der Waals surface area (Å²) < 4.78 is 13.3. The molecule has 1 aromatic carbocycles. The number of anilines is 1. The summed E-state index contributed by atoms with van der Waals surface area (Å²) in [6.07, 6.45) is 4.71. The van der Waals surface area contributed by atoms with Gasteiger partial charge in [-0.1, -0.05) is 18.2 Å². The van der Waals surface area contributed by atoms with Gasteiger partial charge in [0.1, 0.15) is 17.0 Å². The Morgan fingerprint density at radius 3 is 2.48 bits per heavy atom. The third-order valence-electron chi connectivity index (χ3n) is 8.89. The van der Waals surface area contributed by atoms with Crippen LogP contribution in [0.3, 0.4) is 0 Å². The number of esters is 1. The zero-order chi connectivity index (χ0) is 34.6. The first-order valence-corrected chi connectivity index (χ1v) is 17.4. The van der Waals surface area contributed by atoms with Crippen molar-refractivity contribution in [2.75, 3.05) is 31.1 Å². The number of pyridine rings is 1. The molecule has 10 heteroatoms. The van der Waals surface area contributed by atoms with E-state index in [1.165, 1.54) is 0 Å². The zero-order valence-corrected chi connectivity index (χ0v) is 29.8. The molecule has 0 saturated carbocycles. The number of rotatable bonds is 10. The first kappa shape index (κ1) is 35.5. The van der Waals surface area contributed by atoms with Gasteiger partial charge in [-0.3, -0.25) is 9.69 Å². The van der Waals surface area contributed by atoms with E-state index in [4.69, 9.17) is 14.5 Å². The van der Waals surface area contributed by atoms with Crippen molar-refractivity contribution in [3.63, 3.8) is 0 Å². The van der Waals surface area contributed by atoms with Gasteiger partial charge in [-0.25, -0.2) is 14.5 Å². The number of carbonyl (C=O) groups is 2. The fourth-order valence-electron chi connectivity index (χ4n) is 6.75. The molecule has 0 spiro atoms. The number of nitrogens with zero attached hydrogens (tertiary/aromatic N) is 5. The molecule has 4 heterocycles. The number of hydrogen-bond donors (Lipinski definition) is 1. The molecule has 2 aliphatic rings. The normalized spacial score (nSPS) is 17.7. The van der Waals surface area contributed by atoms with Gasteiger partial charge >= 0.3 is 12.1 Å². The molecular weight excluding hydrogens is 606 g/mol. The van der Waals surface area contributed by atoms with Gasteiger partial charge in [0.15, 0.2) is 0 Å². The molecule has 0 aliphatic carbocycles. The fraction of sp³-hybridized carbons (Fsp3) is 0.579. The number of aryl methyl sites for hydroxylation is 3. The minimum absolute atomic E-state index is 0.0483. The molecule has 260 valence electrons. The van der Waals surface area contributed by atoms with Gasteiger partial charge in [-0.2, -0.15) is 5.10 Å². The third kappa shape index (κ3) is 9.44. The predicted octanol–water partition coefficient (Wildman–Crippen LogP) is 6.53. The van der Waals surface area contributed by atoms with Crippen LogP contribution in [0.1, 0.15) is 101 Å².